The molecule has 1 aliphatic heterocycles. The molecule has 0 bridgehead atoms. The molecule has 32 heavy (non-hydrogen) atoms. The molecule has 0 aliphatic carbocycles. The summed E-state index contributed by atoms with van der Waals surface area (Å²) in [5.74, 6) is -0.495. The molecule has 8 heteroatoms. The lowest BCUT2D eigenvalue weighted by molar-refractivity contribution is -0.122. The van der Waals surface area contributed by atoms with Crippen molar-refractivity contribution < 1.29 is 14.3 Å². The van der Waals surface area contributed by atoms with Gasteiger partial charge < -0.3 is 15.0 Å². The molecular weight excluding hydrogens is 408 g/mol. The maximum atomic E-state index is 13.1. The molecule has 2 amide bonds. The number of rotatable bonds is 5. The SMILES string of the molecule is COc1ccc(C)cc1N1CC(C(=O)Nc2c(C)n(C)n(-c3ccccc3)c2=O)CC1=O. The number of para-hydroxylation sites is 1. The van der Waals surface area contributed by atoms with E-state index in [1.54, 1.807) is 30.7 Å². The molecule has 1 aliphatic rings. The number of ether oxygens (including phenoxy) is 1. The Balaban J connectivity index is 1.58. The second-order valence-corrected chi connectivity index (χ2v) is 8.01. The standard InChI is InChI=1S/C24H26N4O4/c1-15-10-11-20(32-4)19(12-15)27-14-17(13-21(27)29)23(30)25-22-16(2)26(3)28(24(22)31)18-8-6-5-7-9-18/h5-12,17H,13-14H2,1-4H3,(H,25,30). The van der Waals surface area contributed by atoms with Gasteiger partial charge in [0.25, 0.3) is 5.56 Å². The van der Waals surface area contributed by atoms with Gasteiger partial charge in [0.05, 0.1) is 30.1 Å². The van der Waals surface area contributed by atoms with Gasteiger partial charge in [-0.2, -0.15) is 0 Å². The average Bonchev–Trinajstić information content (AvgIpc) is 3.27. The van der Waals surface area contributed by atoms with Crippen molar-refractivity contribution in [3.63, 3.8) is 0 Å². The smallest absolute Gasteiger partial charge is 0.295 e. The first kappa shape index (κ1) is 21.4. The van der Waals surface area contributed by atoms with Crippen LogP contribution in [0.3, 0.4) is 0 Å². The summed E-state index contributed by atoms with van der Waals surface area (Å²) in [5, 5.41) is 2.78. The zero-order chi connectivity index (χ0) is 23.0. The van der Waals surface area contributed by atoms with E-state index in [0.29, 0.717) is 22.8 Å². The van der Waals surface area contributed by atoms with Crippen LogP contribution in [0.2, 0.25) is 0 Å². The molecule has 0 radical (unpaired) electrons. The fourth-order valence-electron chi connectivity index (χ4n) is 4.06. The number of anilines is 2. The highest BCUT2D eigenvalue weighted by Crippen LogP contribution is 2.34. The van der Waals surface area contributed by atoms with E-state index in [0.717, 1.165) is 5.56 Å². The van der Waals surface area contributed by atoms with Crippen molar-refractivity contribution in [2.24, 2.45) is 13.0 Å². The van der Waals surface area contributed by atoms with Crippen molar-refractivity contribution in [1.29, 1.82) is 0 Å². The Morgan fingerprint density at radius 3 is 2.50 bits per heavy atom. The van der Waals surface area contributed by atoms with Crippen molar-refractivity contribution in [2.75, 3.05) is 23.9 Å². The summed E-state index contributed by atoms with van der Waals surface area (Å²) in [6.45, 7) is 3.94. The van der Waals surface area contributed by atoms with Gasteiger partial charge in [0.15, 0.2) is 0 Å². The predicted octanol–water partition coefficient (Wildman–Crippen LogP) is 2.79. The van der Waals surface area contributed by atoms with E-state index in [1.165, 1.54) is 4.68 Å². The van der Waals surface area contributed by atoms with Crippen LogP contribution in [0.25, 0.3) is 5.69 Å². The highest BCUT2D eigenvalue weighted by atomic mass is 16.5. The molecule has 4 rings (SSSR count). The summed E-state index contributed by atoms with van der Waals surface area (Å²) in [5.41, 5.74) is 2.88. The molecule has 0 spiro atoms. The van der Waals surface area contributed by atoms with Gasteiger partial charge in [0, 0.05) is 20.0 Å². The number of hydrogen-bond donors (Lipinski definition) is 1. The monoisotopic (exact) mass is 434 g/mol. The van der Waals surface area contributed by atoms with Gasteiger partial charge in [-0.05, 0) is 43.7 Å². The molecule has 0 saturated carbocycles. The lowest BCUT2D eigenvalue weighted by atomic mass is 10.1. The number of hydrogen-bond acceptors (Lipinski definition) is 4. The minimum Gasteiger partial charge on any atom is -0.495 e. The van der Waals surface area contributed by atoms with Gasteiger partial charge in [-0.25, -0.2) is 4.68 Å². The summed E-state index contributed by atoms with van der Waals surface area (Å²) in [6, 6.07) is 14.8. The van der Waals surface area contributed by atoms with Crippen LogP contribution in [0.1, 0.15) is 17.7 Å². The molecule has 1 atom stereocenters. The highest BCUT2D eigenvalue weighted by Gasteiger charge is 2.37. The van der Waals surface area contributed by atoms with Crippen LogP contribution in [-0.2, 0) is 16.6 Å². The number of nitrogens with one attached hydrogen (secondary N) is 1. The highest BCUT2D eigenvalue weighted by molar-refractivity contribution is 6.04. The van der Waals surface area contributed by atoms with Crippen molar-refractivity contribution in [1.82, 2.24) is 9.36 Å². The van der Waals surface area contributed by atoms with Gasteiger partial charge in [-0.1, -0.05) is 24.3 Å². The number of amides is 2. The first-order chi connectivity index (χ1) is 15.3. The van der Waals surface area contributed by atoms with Crippen LogP contribution < -0.4 is 20.5 Å². The van der Waals surface area contributed by atoms with Crippen molar-refractivity contribution in [3.05, 3.63) is 70.1 Å². The maximum absolute atomic E-state index is 13.1. The number of aromatic nitrogens is 2. The number of carbonyl (C=O) groups excluding carboxylic acids is 2. The molecule has 1 unspecified atom stereocenters. The molecule has 8 nitrogen and oxygen atoms in total. The van der Waals surface area contributed by atoms with E-state index in [9.17, 15) is 14.4 Å². The zero-order valence-electron chi connectivity index (χ0n) is 18.6. The molecule has 1 saturated heterocycles. The average molecular weight is 434 g/mol. The van der Waals surface area contributed by atoms with E-state index in [1.807, 2.05) is 55.5 Å². The van der Waals surface area contributed by atoms with Crippen molar-refractivity contribution in [2.45, 2.75) is 20.3 Å². The second-order valence-electron chi connectivity index (χ2n) is 8.01. The van der Waals surface area contributed by atoms with Crippen molar-refractivity contribution in [3.8, 4) is 11.4 Å². The number of aryl methyl sites for hydroxylation is 1. The van der Waals surface area contributed by atoms with Crippen LogP contribution in [-0.4, -0.2) is 34.8 Å². The first-order valence-electron chi connectivity index (χ1n) is 10.4. The van der Waals surface area contributed by atoms with Gasteiger partial charge >= 0.3 is 0 Å². The number of methoxy groups -OCH3 is 1. The quantitative estimate of drug-likeness (QED) is 0.669. The summed E-state index contributed by atoms with van der Waals surface area (Å²) in [4.78, 5) is 40.4. The molecule has 2 heterocycles. The molecule has 3 aromatic rings. The third-order valence-corrected chi connectivity index (χ3v) is 5.92. The number of nitrogens with zero attached hydrogens (tertiary/aromatic N) is 3. The summed E-state index contributed by atoms with van der Waals surface area (Å²) < 4.78 is 8.61. The minimum absolute atomic E-state index is 0.0711. The van der Waals surface area contributed by atoms with Gasteiger partial charge in [-0.15, -0.1) is 0 Å². The second kappa shape index (κ2) is 8.37. The molecule has 1 fully saturated rings. The van der Waals surface area contributed by atoms with Crippen LogP contribution in [0.4, 0.5) is 11.4 Å². The largest absolute Gasteiger partial charge is 0.495 e. The maximum Gasteiger partial charge on any atom is 0.295 e. The van der Waals surface area contributed by atoms with Crippen LogP contribution >= 0.6 is 0 Å². The molecular formula is C24H26N4O4. The Hall–Kier alpha value is -3.81. The zero-order valence-corrected chi connectivity index (χ0v) is 18.6. The Kier molecular flexibility index (Phi) is 5.61. The summed E-state index contributed by atoms with van der Waals surface area (Å²) >= 11 is 0. The normalized spacial score (nSPS) is 15.8. The van der Waals surface area contributed by atoms with E-state index in [2.05, 4.69) is 5.32 Å². The summed E-state index contributed by atoms with van der Waals surface area (Å²) in [6.07, 6.45) is 0.0711. The lowest BCUT2D eigenvalue weighted by Gasteiger charge is -2.20. The van der Waals surface area contributed by atoms with E-state index < -0.39 is 5.92 Å². The topological polar surface area (TPSA) is 85.6 Å². The molecule has 166 valence electrons. The Bertz CT molecular complexity index is 1240. The summed E-state index contributed by atoms with van der Waals surface area (Å²) in [7, 11) is 3.32. The van der Waals surface area contributed by atoms with Gasteiger partial charge in [0.2, 0.25) is 11.8 Å². The van der Waals surface area contributed by atoms with Crippen LogP contribution in [0.5, 0.6) is 5.75 Å². The number of benzene rings is 2. The third-order valence-electron chi connectivity index (χ3n) is 5.92. The van der Waals surface area contributed by atoms with E-state index in [-0.39, 0.29) is 36.0 Å². The van der Waals surface area contributed by atoms with E-state index in [4.69, 9.17) is 4.74 Å². The minimum atomic E-state index is -0.572. The van der Waals surface area contributed by atoms with Gasteiger partial charge in [0.1, 0.15) is 11.4 Å². The molecule has 1 N–H and O–H groups in total. The Morgan fingerprint density at radius 1 is 1.09 bits per heavy atom. The van der Waals surface area contributed by atoms with Crippen molar-refractivity contribution >= 4 is 23.2 Å². The van der Waals surface area contributed by atoms with Crippen LogP contribution in [0, 0.1) is 19.8 Å². The first-order valence-corrected chi connectivity index (χ1v) is 10.4. The van der Waals surface area contributed by atoms with Crippen LogP contribution in [0.15, 0.2) is 53.3 Å². The Labute approximate surface area is 186 Å². The fraction of sp³-hybridized carbons (Fsp3) is 0.292. The Morgan fingerprint density at radius 2 is 1.81 bits per heavy atom. The van der Waals surface area contributed by atoms with Gasteiger partial charge in [-0.3, -0.25) is 19.1 Å². The third kappa shape index (κ3) is 3.68. The molecule has 1 aromatic heterocycles. The number of carbonyl (C=O) groups is 2. The van der Waals surface area contributed by atoms with E-state index >= 15 is 0 Å². The predicted molar refractivity (Wildman–Crippen MR) is 123 cm³/mol. The molecule has 2 aromatic carbocycles. The lowest BCUT2D eigenvalue weighted by Crippen LogP contribution is -2.30. The fourth-order valence-corrected chi connectivity index (χ4v) is 4.06.